The van der Waals surface area contributed by atoms with Gasteiger partial charge in [-0.25, -0.2) is 4.99 Å². The molecular formula is C18H27N7O. The van der Waals surface area contributed by atoms with Gasteiger partial charge in [-0.3, -0.25) is 9.20 Å². The minimum absolute atomic E-state index is 0.00966. The van der Waals surface area contributed by atoms with Crippen molar-refractivity contribution < 1.29 is 4.79 Å². The molecule has 3 N–H and O–H groups in total. The second-order valence-corrected chi connectivity index (χ2v) is 6.50. The van der Waals surface area contributed by atoms with E-state index in [0.29, 0.717) is 18.5 Å². The van der Waals surface area contributed by atoms with Crippen molar-refractivity contribution in [2.45, 2.75) is 51.6 Å². The van der Waals surface area contributed by atoms with Crippen LogP contribution in [0.4, 0.5) is 0 Å². The molecule has 1 aliphatic rings. The Morgan fingerprint density at radius 3 is 2.88 bits per heavy atom. The van der Waals surface area contributed by atoms with E-state index < -0.39 is 0 Å². The molecule has 0 spiro atoms. The zero-order valence-corrected chi connectivity index (χ0v) is 15.2. The van der Waals surface area contributed by atoms with E-state index in [4.69, 9.17) is 0 Å². The topological polar surface area (TPSA) is 95.7 Å². The second kappa shape index (κ2) is 9.17. The summed E-state index contributed by atoms with van der Waals surface area (Å²) >= 11 is 0. The highest BCUT2D eigenvalue weighted by Gasteiger charge is 2.15. The molecule has 1 aliphatic carbocycles. The summed E-state index contributed by atoms with van der Waals surface area (Å²) in [5.74, 6) is 1.36. The summed E-state index contributed by atoms with van der Waals surface area (Å²) in [7, 11) is 0. The van der Waals surface area contributed by atoms with E-state index >= 15 is 0 Å². The van der Waals surface area contributed by atoms with Gasteiger partial charge in [0.05, 0.1) is 6.54 Å². The van der Waals surface area contributed by atoms with Gasteiger partial charge in [0.15, 0.2) is 17.4 Å². The lowest BCUT2D eigenvalue weighted by molar-refractivity contribution is -0.120. The summed E-state index contributed by atoms with van der Waals surface area (Å²) in [5.41, 5.74) is 0.794. The monoisotopic (exact) mass is 357 g/mol. The Kier molecular flexibility index (Phi) is 6.40. The predicted octanol–water partition coefficient (Wildman–Crippen LogP) is 1.23. The fourth-order valence-electron chi connectivity index (χ4n) is 3.18. The lowest BCUT2D eigenvalue weighted by atomic mass is 9.95. The number of pyridine rings is 1. The number of nitrogens with zero attached hydrogens (tertiary/aromatic N) is 4. The Morgan fingerprint density at radius 1 is 1.23 bits per heavy atom. The first-order valence-electron chi connectivity index (χ1n) is 9.36. The Hall–Kier alpha value is -2.64. The molecule has 2 heterocycles. The molecule has 2 aromatic heterocycles. The molecule has 0 atom stereocenters. The first kappa shape index (κ1) is 18.2. The van der Waals surface area contributed by atoms with Crippen LogP contribution in [-0.2, 0) is 11.3 Å². The Bertz CT molecular complexity index is 749. The number of carbonyl (C=O) groups is 1. The van der Waals surface area contributed by atoms with Gasteiger partial charge in [0.25, 0.3) is 0 Å². The molecule has 3 rings (SSSR count). The molecule has 26 heavy (non-hydrogen) atoms. The van der Waals surface area contributed by atoms with Gasteiger partial charge in [-0.1, -0.05) is 25.3 Å². The predicted molar refractivity (Wildman–Crippen MR) is 101 cm³/mol. The van der Waals surface area contributed by atoms with E-state index in [9.17, 15) is 4.79 Å². The van der Waals surface area contributed by atoms with Crippen molar-refractivity contribution in [2.24, 2.45) is 4.99 Å². The van der Waals surface area contributed by atoms with Crippen LogP contribution in [0.5, 0.6) is 0 Å². The van der Waals surface area contributed by atoms with Crippen LogP contribution in [0.15, 0.2) is 29.4 Å². The van der Waals surface area contributed by atoms with Crippen LogP contribution >= 0.6 is 0 Å². The average molecular weight is 357 g/mol. The van der Waals surface area contributed by atoms with Crippen LogP contribution in [0, 0.1) is 0 Å². The molecular weight excluding hydrogens is 330 g/mol. The molecule has 0 aliphatic heterocycles. The summed E-state index contributed by atoms with van der Waals surface area (Å²) < 4.78 is 1.91. The first-order chi connectivity index (χ1) is 12.8. The van der Waals surface area contributed by atoms with Crippen LogP contribution in [0.3, 0.4) is 0 Å². The Morgan fingerprint density at radius 2 is 2.08 bits per heavy atom. The standard InChI is InChI=1S/C18H27N7O/c1-2-19-18(21-13-17(26)22-14-8-4-3-5-9-14)20-12-16-24-23-15-10-6-7-11-25(15)16/h6-7,10-11,14H,2-5,8-9,12-13H2,1H3,(H,22,26)(H2,19,20,21). The molecule has 140 valence electrons. The van der Waals surface area contributed by atoms with Gasteiger partial charge in [0, 0.05) is 18.8 Å². The number of aromatic nitrogens is 3. The number of carbonyl (C=O) groups excluding carboxylic acids is 1. The van der Waals surface area contributed by atoms with Crippen molar-refractivity contribution in [1.29, 1.82) is 0 Å². The van der Waals surface area contributed by atoms with Crippen LogP contribution in [0.25, 0.3) is 5.65 Å². The van der Waals surface area contributed by atoms with Crippen LogP contribution in [0.1, 0.15) is 44.9 Å². The molecule has 0 saturated heterocycles. The number of amides is 1. The van der Waals surface area contributed by atoms with Gasteiger partial charge in [-0.15, -0.1) is 10.2 Å². The largest absolute Gasteiger partial charge is 0.357 e. The number of aliphatic imine (C=N–C) groups is 1. The normalized spacial score (nSPS) is 15.8. The van der Waals surface area contributed by atoms with Gasteiger partial charge in [0.2, 0.25) is 5.91 Å². The summed E-state index contributed by atoms with van der Waals surface area (Å²) in [6.45, 7) is 3.30. The molecule has 0 radical (unpaired) electrons. The number of hydrogen-bond acceptors (Lipinski definition) is 4. The molecule has 0 bridgehead atoms. The lowest BCUT2D eigenvalue weighted by Crippen LogP contribution is -2.46. The van der Waals surface area contributed by atoms with Crippen molar-refractivity contribution in [3.8, 4) is 0 Å². The molecule has 0 unspecified atom stereocenters. The third-order valence-electron chi connectivity index (χ3n) is 4.49. The fraction of sp³-hybridized carbons (Fsp3) is 0.556. The van der Waals surface area contributed by atoms with Crippen molar-refractivity contribution >= 4 is 17.5 Å². The maximum absolute atomic E-state index is 12.1. The fourth-order valence-corrected chi connectivity index (χ4v) is 3.18. The zero-order valence-electron chi connectivity index (χ0n) is 15.2. The minimum atomic E-state index is 0.00966. The van der Waals surface area contributed by atoms with Gasteiger partial charge in [-0.2, -0.15) is 0 Å². The summed E-state index contributed by atoms with van der Waals surface area (Å²) in [5, 5.41) is 17.6. The maximum atomic E-state index is 12.1. The van der Waals surface area contributed by atoms with Crippen LogP contribution in [0.2, 0.25) is 0 Å². The summed E-state index contributed by atoms with van der Waals surface area (Å²) in [6.07, 6.45) is 7.76. The van der Waals surface area contributed by atoms with Crippen molar-refractivity contribution in [2.75, 3.05) is 13.1 Å². The smallest absolute Gasteiger partial charge is 0.239 e. The Balaban J connectivity index is 1.54. The van der Waals surface area contributed by atoms with Gasteiger partial charge in [0.1, 0.15) is 6.54 Å². The molecule has 0 aromatic carbocycles. The molecule has 1 saturated carbocycles. The number of fused-ring (bicyclic) bond motifs is 1. The first-order valence-corrected chi connectivity index (χ1v) is 9.36. The molecule has 8 nitrogen and oxygen atoms in total. The highest BCUT2D eigenvalue weighted by atomic mass is 16.2. The minimum Gasteiger partial charge on any atom is -0.357 e. The van der Waals surface area contributed by atoms with E-state index in [2.05, 4.69) is 31.1 Å². The van der Waals surface area contributed by atoms with Gasteiger partial charge < -0.3 is 16.0 Å². The van der Waals surface area contributed by atoms with Crippen LogP contribution < -0.4 is 16.0 Å². The third-order valence-corrected chi connectivity index (χ3v) is 4.49. The van der Waals surface area contributed by atoms with E-state index in [1.54, 1.807) is 0 Å². The summed E-state index contributed by atoms with van der Waals surface area (Å²) in [4.78, 5) is 16.7. The average Bonchev–Trinajstić information content (AvgIpc) is 3.08. The Labute approximate surface area is 153 Å². The number of nitrogens with one attached hydrogen (secondary N) is 3. The SMILES string of the molecule is CCNC(=NCc1nnc2ccccn12)NCC(=O)NC1CCCCC1. The van der Waals surface area contributed by atoms with Crippen molar-refractivity contribution in [1.82, 2.24) is 30.5 Å². The molecule has 1 fully saturated rings. The van der Waals surface area contributed by atoms with E-state index in [-0.39, 0.29) is 12.5 Å². The highest BCUT2D eigenvalue weighted by molar-refractivity contribution is 5.86. The maximum Gasteiger partial charge on any atom is 0.239 e. The van der Waals surface area contributed by atoms with Crippen molar-refractivity contribution in [3.05, 3.63) is 30.2 Å². The highest BCUT2D eigenvalue weighted by Crippen LogP contribution is 2.17. The zero-order chi connectivity index (χ0) is 18.2. The lowest BCUT2D eigenvalue weighted by Gasteiger charge is -2.23. The molecule has 8 heteroatoms. The van der Waals surface area contributed by atoms with E-state index in [1.807, 2.05) is 35.7 Å². The number of rotatable bonds is 6. The van der Waals surface area contributed by atoms with Crippen molar-refractivity contribution in [3.63, 3.8) is 0 Å². The van der Waals surface area contributed by atoms with Crippen LogP contribution in [-0.4, -0.2) is 45.6 Å². The van der Waals surface area contributed by atoms with E-state index in [1.165, 1.54) is 19.3 Å². The third kappa shape index (κ3) is 4.93. The number of guanidine groups is 1. The molecule has 2 aromatic rings. The van der Waals surface area contributed by atoms with Gasteiger partial charge >= 0.3 is 0 Å². The molecule has 1 amide bonds. The quantitative estimate of drug-likeness (QED) is 0.534. The number of hydrogen-bond donors (Lipinski definition) is 3. The summed E-state index contributed by atoms with van der Waals surface area (Å²) in [6, 6.07) is 6.08. The van der Waals surface area contributed by atoms with E-state index in [0.717, 1.165) is 30.9 Å². The van der Waals surface area contributed by atoms with Gasteiger partial charge in [-0.05, 0) is 31.9 Å². The second-order valence-electron chi connectivity index (χ2n) is 6.50.